The van der Waals surface area contributed by atoms with Crippen molar-refractivity contribution >= 4 is 23.2 Å². The Morgan fingerprint density at radius 3 is 2.65 bits per heavy atom. The van der Waals surface area contributed by atoms with Crippen LogP contribution in [0.15, 0.2) is 36.4 Å². The van der Waals surface area contributed by atoms with E-state index in [9.17, 15) is 14.0 Å². The zero-order valence-electron chi connectivity index (χ0n) is 14.7. The van der Waals surface area contributed by atoms with E-state index in [0.29, 0.717) is 18.0 Å². The molecule has 1 saturated heterocycles. The Morgan fingerprint density at radius 1 is 1.15 bits per heavy atom. The largest absolute Gasteiger partial charge is 0.336 e. The van der Waals surface area contributed by atoms with E-state index < -0.39 is 12.2 Å². The van der Waals surface area contributed by atoms with Crippen molar-refractivity contribution in [3.8, 4) is 0 Å². The second-order valence-corrected chi connectivity index (χ2v) is 8.28. The second-order valence-electron chi connectivity index (χ2n) is 7.00. The quantitative estimate of drug-likeness (QED) is 0.812. The summed E-state index contributed by atoms with van der Waals surface area (Å²) in [5.41, 5.74) is 2.39. The fourth-order valence-corrected chi connectivity index (χ4v) is 4.65. The standard InChI is InChI=1S/C20H21FN2O2S/c1-13-6-7-18(26-13)20(25)23-12-16(21)10-17(23)19(24)22-9-8-14-4-2-3-5-15(14)11-22/h2-7,16-17H,8-12H2,1H3/t16-,17-/m0/s1. The summed E-state index contributed by atoms with van der Waals surface area (Å²) >= 11 is 1.39. The van der Waals surface area contributed by atoms with E-state index in [1.54, 1.807) is 11.0 Å². The van der Waals surface area contributed by atoms with E-state index in [2.05, 4.69) is 6.07 Å². The summed E-state index contributed by atoms with van der Waals surface area (Å²) in [4.78, 5) is 30.7. The summed E-state index contributed by atoms with van der Waals surface area (Å²) in [6, 6.07) is 11.0. The molecule has 0 N–H and O–H groups in total. The minimum atomic E-state index is -1.15. The van der Waals surface area contributed by atoms with Crippen molar-refractivity contribution in [2.24, 2.45) is 0 Å². The third kappa shape index (κ3) is 3.14. The van der Waals surface area contributed by atoms with Crippen molar-refractivity contribution in [1.82, 2.24) is 9.80 Å². The molecule has 0 saturated carbocycles. The maximum atomic E-state index is 14.1. The Bertz CT molecular complexity index is 850. The van der Waals surface area contributed by atoms with Crippen LogP contribution in [0, 0.1) is 6.92 Å². The molecule has 26 heavy (non-hydrogen) atoms. The lowest BCUT2D eigenvalue weighted by molar-refractivity contribution is -0.136. The Hall–Kier alpha value is -2.21. The number of hydrogen-bond donors (Lipinski definition) is 0. The van der Waals surface area contributed by atoms with E-state index >= 15 is 0 Å². The molecule has 1 aromatic heterocycles. The molecule has 3 heterocycles. The minimum Gasteiger partial charge on any atom is -0.336 e. The summed E-state index contributed by atoms with van der Waals surface area (Å²) in [5.74, 6) is -0.375. The molecule has 0 bridgehead atoms. The lowest BCUT2D eigenvalue weighted by Crippen LogP contribution is -2.49. The average Bonchev–Trinajstić information content (AvgIpc) is 3.26. The number of halogens is 1. The molecule has 4 nitrogen and oxygen atoms in total. The van der Waals surface area contributed by atoms with Crippen molar-refractivity contribution in [1.29, 1.82) is 0 Å². The smallest absolute Gasteiger partial charge is 0.264 e. The fourth-order valence-electron chi connectivity index (χ4n) is 3.83. The Morgan fingerprint density at radius 2 is 1.92 bits per heavy atom. The molecule has 0 unspecified atom stereocenters. The lowest BCUT2D eigenvalue weighted by atomic mass is 9.99. The topological polar surface area (TPSA) is 40.6 Å². The summed E-state index contributed by atoms with van der Waals surface area (Å²) in [5, 5.41) is 0. The molecule has 1 fully saturated rings. The number of rotatable bonds is 2. The van der Waals surface area contributed by atoms with Gasteiger partial charge >= 0.3 is 0 Å². The van der Waals surface area contributed by atoms with Crippen molar-refractivity contribution in [3.05, 3.63) is 57.3 Å². The van der Waals surface area contributed by atoms with Gasteiger partial charge in [-0.3, -0.25) is 9.59 Å². The van der Waals surface area contributed by atoms with Gasteiger partial charge in [-0.25, -0.2) is 4.39 Å². The Kier molecular flexibility index (Phi) is 4.53. The normalized spacial score (nSPS) is 22.4. The van der Waals surface area contributed by atoms with Crippen LogP contribution in [0.5, 0.6) is 0 Å². The third-order valence-corrected chi connectivity index (χ3v) is 6.18. The summed E-state index contributed by atoms with van der Waals surface area (Å²) in [6.45, 7) is 3.07. The Labute approximate surface area is 156 Å². The van der Waals surface area contributed by atoms with Crippen LogP contribution in [0.4, 0.5) is 4.39 Å². The number of fused-ring (bicyclic) bond motifs is 1. The SMILES string of the molecule is Cc1ccc(C(=O)N2C[C@@H](F)C[C@H]2C(=O)N2CCc3ccccc3C2)s1. The molecule has 2 amide bonds. The minimum absolute atomic E-state index is 0.00336. The van der Waals surface area contributed by atoms with Gasteiger partial charge in [-0.15, -0.1) is 11.3 Å². The molecule has 4 rings (SSSR count). The number of carbonyl (C=O) groups excluding carboxylic acids is 2. The van der Waals surface area contributed by atoms with Gasteiger partial charge < -0.3 is 9.80 Å². The molecule has 2 aliphatic rings. The zero-order valence-corrected chi connectivity index (χ0v) is 15.5. The first kappa shape index (κ1) is 17.2. The van der Waals surface area contributed by atoms with Crippen LogP contribution in [0.25, 0.3) is 0 Å². The molecule has 0 aliphatic carbocycles. The van der Waals surface area contributed by atoms with Crippen LogP contribution in [0.2, 0.25) is 0 Å². The van der Waals surface area contributed by atoms with Gasteiger partial charge in [-0.2, -0.15) is 0 Å². The van der Waals surface area contributed by atoms with Gasteiger partial charge in [0, 0.05) is 24.4 Å². The highest BCUT2D eigenvalue weighted by Crippen LogP contribution is 2.28. The van der Waals surface area contributed by atoms with Crippen LogP contribution in [-0.4, -0.2) is 46.9 Å². The highest BCUT2D eigenvalue weighted by atomic mass is 32.1. The molecular weight excluding hydrogens is 351 g/mol. The number of amides is 2. The highest BCUT2D eigenvalue weighted by Gasteiger charge is 2.42. The molecule has 2 aromatic rings. The van der Waals surface area contributed by atoms with Crippen molar-refractivity contribution in [2.75, 3.05) is 13.1 Å². The molecule has 0 spiro atoms. The van der Waals surface area contributed by atoms with Gasteiger partial charge in [-0.1, -0.05) is 24.3 Å². The zero-order chi connectivity index (χ0) is 18.3. The van der Waals surface area contributed by atoms with Gasteiger partial charge in [0.05, 0.1) is 11.4 Å². The number of aryl methyl sites for hydroxylation is 1. The first-order valence-electron chi connectivity index (χ1n) is 8.90. The van der Waals surface area contributed by atoms with Crippen LogP contribution < -0.4 is 0 Å². The van der Waals surface area contributed by atoms with E-state index in [-0.39, 0.29) is 24.8 Å². The fraction of sp³-hybridized carbons (Fsp3) is 0.400. The van der Waals surface area contributed by atoms with E-state index in [0.717, 1.165) is 16.9 Å². The van der Waals surface area contributed by atoms with Crippen LogP contribution in [0.3, 0.4) is 0 Å². The molecule has 6 heteroatoms. The van der Waals surface area contributed by atoms with Crippen molar-refractivity contribution in [3.63, 3.8) is 0 Å². The predicted molar refractivity (Wildman–Crippen MR) is 99.0 cm³/mol. The summed E-state index contributed by atoms with van der Waals surface area (Å²) in [7, 11) is 0. The van der Waals surface area contributed by atoms with E-state index in [4.69, 9.17) is 0 Å². The number of alkyl halides is 1. The molecular formula is C20H21FN2O2S. The molecule has 0 radical (unpaired) electrons. The maximum Gasteiger partial charge on any atom is 0.264 e. The average molecular weight is 372 g/mol. The van der Waals surface area contributed by atoms with E-state index in [1.165, 1.54) is 21.8 Å². The molecule has 2 aliphatic heterocycles. The van der Waals surface area contributed by atoms with Gasteiger partial charge in [0.25, 0.3) is 5.91 Å². The monoisotopic (exact) mass is 372 g/mol. The van der Waals surface area contributed by atoms with Gasteiger partial charge in [0.1, 0.15) is 12.2 Å². The first-order valence-corrected chi connectivity index (χ1v) is 9.71. The number of thiophene rings is 1. The molecule has 136 valence electrons. The van der Waals surface area contributed by atoms with E-state index in [1.807, 2.05) is 31.2 Å². The summed E-state index contributed by atoms with van der Waals surface area (Å²) < 4.78 is 14.1. The maximum absolute atomic E-state index is 14.1. The number of benzene rings is 1. The van der Waals surface area contributed by atoms with Gasteiger partial charge in [0.2, 0.25) is 5.91 Å². The van der Waals surface area contributed by atoms with Crippen LogP contribution >= 0.6 is 11.3 Å². The van der Waals surface area contributed by atoms with Crippen LogP contribution in [0.1, 0.15) is 32.1 Å². The number of nitrogens with zero attached hydrogens (tertiary/aromatic N) is 2. The van der Waals surface area contributed by atoms with Crippen LogP contribution in [-0.2, 0) is 17.8 Å². The number of carbonyl (C=O) groups is 2. The lowest BCUT2D eigenvalue weighted by Gasteiger charge is -2.33. The van der Waals surface area contributed by atoms with Crippen molar-refractivity contribution in [2.45, 2.75) is 38.5 Å². The summed E-state index contributed by atoms with van der Waals surface area (Å²) in [6.07, 6.45) is -0.259. The number of likely N-dealkylation sites (tertiary alicyclic amines) is 1. The third-order valence-electron chi connectivity index (χ3n) is 5.19. The van der Waals surface area contributed by atoms with Gasteiger partial charge in [0.15, 0.2) is 0 Å². The molecule has 1 aromatic carbocycles. The second kappa shape index (κ2) is 6.83. The predicted octanol–water partition coefficient (Wildman–Crippen LogP) is 3.19. The first-order chi connectivity index (χ1) is 12.5. The Balaban J connectivity index is 1.53. The highest BCUT2D eigenvalue weighted by molar-refractivity contribution is 7.13. The number of hydrogen-bond acceptors (Lipinski definition) is 3. The van der Waals surface area contributed by atoms with Crippen molar-refractivity contribution < 1.29 is 14.0 Å². The van der Waals surface area contributed by atoms with Gasteiger partial charge in [-0.05, 0) is 36.6 Å². The molecule has 2 atom stereocenters.